The molecule has 0 aliphatic rings. The topological polar surface area (TPSA) is 91.2 Å². The number of hydrogen-bond donors (Lipinski definition) is 0. The normalized spacial score (nSPS) is 11.4. The van der Waals surface area contributed by atoms with E-state index in [1.165, 1.54) is 12.1 Å². The number of fused-ring (bicyclic) bond motifs is 3. The monoisotopic (exact) mass is 668 g/mol. The fraction of sp³-hybridized carbons (Fsp3) is 0.0238. The summed E-state index contributed by atoms with van der Waals surface area (Å²) in [6.07, 6.45) is -4.60. The molecule has 6 aromatic carbocycles. The van der Waals surface area contributed by atoms with E-state index in [4.69, 9.17) is 15.0 Å². The van der Waals surface area contributed by atoms with E-state index in [2.05, 4.69) is 12.1 Å². The summed E-state index contributed by atoms with van der Waals surface area (Å²) in [5.41, 5.74) is 4.05. The summed E-state index contributed by atoms with van der Waals surface area (Å²) in [7, 11) is 0. The first kappa shape index (κ1) is 31.2. The molecule has 51 heavy (non-hydrogen) atoms. The lowest BCUT2D eigenvalue weighted by Crippen LogP contribution is -2.07. The molecule has 2 heterocycles. The number of rotatable bonds is 5. The van der Waals surface area contributed by atoms with Crippen molar-refractivity contribution in [2.75, 3.05) is 0 Å². The average Bonchev–Trinajstić information content (AvgIpc) is 3.50. The maximum atomic E-state index is 14.4. The van der Waals surface area contributed by atoms with Crippen LogP contribution >= 0.6 is 0 Å². The Labute approximate surface area is 290 Å². The molecule has 9 heteroatoms. The molecule has 0 atom stereocenters. The summed E-state index contributed by atoms with van der Waals surface area (Å²) < 4.78 is 44.9. The van der Waals surface area contributed by atoms with Gasteiger partial charge in [-0.3, -0.25) is 0 Å². The van der Waals surface area contributed by atoms with Crippen LogP contribution < -0.4 is 0 Å². The van der Waals surface area contributed by atoms with Gasteiger partial charge >= 0.3 is 6.18 Å². The van der Waals surface area contributed by atoms with E-state index < -0.39 is 11.7 Å². The Morgan fingerprint density at radius 2 is 1.00 bits per heavy atom. The second kappa shape index (κ2) is 12.4. The summed E-state index contributed by atoms with van der Waals surface area (Å²) >= 11 is 0. The van der Waals surface area contributed by atoms with Gasteiger partial charge in [0, 0.05) is 27.5 Å². The predicted molar refractivity (Wildman–Crippen MR) is 190 cm³/mol. The van der Waals surface area contributed by atoms with Crippen LogP contribution in [0, 0.1) is 22.7 Å². The van der Waals surface area contributed by atoms with Crippen molar-refractivity contribution in [3.05, 3.63) is 156 Å². The Morgan fingerprint density at radius 1 is 0.490 bits per heavy atom. The van der Waals surface area contributed by atoms with Gasteiger partial charge in [-0.2, -0.15) is 23.7 Å². The van der Waals surface area contributed by atoms with Gasteiger partial charge in [-0.15, -0.1) is 0 Å². The third-order valence-electron chi connectivity index (χ3n) is 8.75. The van der Waals surface area contributed by atoms with E-state index in [9.17, 15) is 23.7 Å². The van der Waals surface area contributed by atoms with E-state index in [1.807, 2.05) is 77.4 Å². The highest BCUT2D eigenvalue weighted by Gasteiger charge is 2.33. The van der Waals surface area contributed by atoms with Gasteiger partial charge in [0.2, 0.25) is 0 Å². The zero-order valence-corrected chi connectivity index (χ0v) is 26.6. The first-order valence-electron chi connectivity index (χ1n) is 15.9. The molecule has 0 saturated carbocycles. The number of benzene rings is 6. The number of nitriles is 2. The molecule has 0 aliphatic carbocycles. The van der Waals surface area contributed by atoms with Crippen molar-refractivity contribution >= 4 is 21.8 Å². The van der Waals surface area contributed by atoms with E-state index in [0.29, 0.717) is 50.6 Å². The highest BCUT2D eigenvalue weighted by Crippen LogP contribution is 2.42. The fourth-order valence-electron chi connectivity index (χ4n) is 6.40. The summed E-state index contributed by atoms with van der Waals surface area (Å²) in [4.78, 5) is 14.7. The predicted octanol–water partition coefficient (Wildman–Crippen LogP) is 10.4. The number of alkyl halides is 3. The smallest absolute Gasteiger partial charge is 0.308 e. The first-order chi connectivity index (χ1) is 24.8. The van der Waals surface area contributed by atoms with Gasteiger partial charge in [0.1, 0.15) is 0 Å². The summed E-state index contributed by atoms with van der Waals surface area (Å²) in [6, 6.07) is 44.4. The Morgan fingerprint density at radius 3 is 1.53 bits per heavy atom. The Hall–Kier alpha value is -7.10. The first-order valence-corrected chi connectivity index (χ1v) is 15.9. The van der Waals surface area contributed by atoms with Gasteiger partial charge in [0.05, 0.1) is 45.5 Å². The summed E-state index contributed by atoms with van der Waals surface area (Å²) in [5.74, 6) is 1.12. The molecule has 8 aromatic rings. The fourth-order valence-corrected chi connectivity index (χ4v) is 6.40. The third kappa shape index (κ3) is 5.63. The maximum Gasteiger partial charge on any atom is 0.417 e. The second-order valence-corrected chi connectivity index (χ2v) is 11.8. The molecule has 0 spiro atoms. The van der Waals surface area contributed by atoms with E-state index in [1.54, 1.807) is 48.5 Å². The van der Waals surface area contributed by atoms with Crippen LogP contribution in [-0.2, 0) is 6.18 Å². The Balaban J connectivity index is 1.50. The van der Waals surface area contributed by atoms with Crippen LogP contribution in [-0.4, -0.2) is 19.5 Å². The molecule has 0 fully saturated rings. The largest absolute Gasteiger partial charge is 0.417 e. The molecule has 0 amide bonds. The van der Waals surface area contributed by atoms with Crippen LogP contribution in [0.3, 0.4) is 0 Å². The van der Waals surface area contributed by atoms with E-state index in [0.717, 1.165) is 28.0 Å². The van der Waals surface area contributed by atoms with E-state index >= 15 is 0 Å². The van der Waals surface area contributed by atoms with Crippen molar-refractivity contribution in [2.45, 2.75) is 6.18 Å². The Bertz CT molecular complexity index is 2580. The molecule has 0 aliphatic heterocycles. The molecule has 242 valence electrons. The van der Waals surface area contributed by atoms with Gasteiger partial charge in [0.25, 0.3) is 0 Å². The number of nitrogens with zero attached hydrogens (tertiary/aromatic N) is 6. The van der Waals surface area contributed by atoms with Crippen molar-refractivity contribution < 1.29 is 13.2 Å². The second-order valence-electron chi connectivity index (χ2n) is 11.8. The molecular weight excluding hydrogens is 645 g/mol. The lowest BCUT2D eigenvalue weighted by atomic mass is 9.97. The van der Waals surface area contributed by atoms with Crippen LogP contribution in [0.2, 0.25) is 0 Å². The van der Waals surface area contributed by atoms with Crippen LogP contribution in [0.25, 0.3) is 72.8 Å². The molecule has 0 unspecified atom stereocenters. The number of hydrogen-bond acceptors (Lipinski definition) is 5. The van der Waals surface area contributed by atoms with Crippen LogP contribution in [0.5, 0.6) is 0 Å². The highest BCUT2D eigenvalue weighted by atomic mass is 19.4. The minimum absolute atomic E-state index is 0.000379. The zero-order valence-electron chi connectivity index (χ0n) is 26.6. The van der Waals surface area contributed by atoms with Crippen molar-refractivity contribution in [3.8, 4) is 63.1 Å². The lowest BCUT2D eigenvalue weighted by molar-refractivity contribution is -0.137. The Kier molecular flexibility index (Phi) is 7.59. The average molecular weight is 669 g/mol. The van der Waals surface area contributed by atoms with E-state index in [-0.39, 0.29) is 11.4 Å². The van der Waals surface area contributed by atoms with Crippen LogP contribution in [0.15, 0.2) is 140 Å². The van der Waals surface area contributed by atoms with Gasteiger partial charge < -0.3 is 4.57 Å². The van der Waals surface area contributed by atoms with Gasteiger partial charge in [-0.25, -0.2) is 15.0 Å². The molecule has 6 nitrogen and oxygen atoms in total. The highest BCUT2D eigenvalue weighted by molar-refractivity contribution is 6.10. The van der Waals surface area contributed by atoms with Gasteiger partial charge in [-0.1, -0.05) is 97.1 Å². The molecule has 0 saturated heterocycles. The molecule has 0 radical (unpaired) electrons. The minimum Gasteiger partial charge on any atom is -0.308 e. The molecule has 8 rings (SSSR count). The van der Waals surface area contributed by atoms with Gasteiger partial charge in [0.15, 0.2) is 17.5 Å². The molecule has 2 aromatic heterocycles. The maximum absolute atomic E-state index is 14.4. The molecule has 0 bridgehead atoms. The quantitative estimate of drug-likeness (QED) is 0.182. The van der Waals surface area contributed by atoms with Crippen LogP contribution in [0.1, 0.15) is 16.7 Å². The van der Waals surface area contributed by atoms with Crippen molar-refractivity contribution in [3.63, 3.8) is 0 Å². The van der Waals surface area contributed by atoms with Crippen molar-refractivity contribution in [2.24, 2.45) is 0 Å². The lowest BCUT2D eigenvalue weighted by Gasteiger charge is -2.18. The number of halogens is 3. The number of aromatic nitrogens is 4. The molecule has 0 N–H and O–H groups in total. The third-order valence-corrected chi connectivity index (χ3v) is 8.75. The van der Waals surface area contributed by atoms with Gasteiger partial charge in [-0.05, 0) is 53.6 Å². The molecular formula is C42H23F3N6. The summed E-state index contributed by atoms with van der Waals surface area (Å²) in [6.45, 7) is 0. The van der Waals surface area contributed by atoms with Crippen molar-refractivity contribution in [1.29, 1.82) is 10.5 Å². The zero-order chi connectivity index (χ0) is 35.1. The standard InChI is InChI=1S/C42H23F3N6/c43-42(44,45)35-14-8-7-13-31(35)30-17-20-34(41-49-39(28-9-3-1-4-10-28)48-40(50-41)29-11-5-2-6-12-29)38(23-30)51-36-21-26(24-46)15-18-32(36)33-19-16-27(25-47)22-37(33)51/h1-23H. The van der Waals surface area contributed by atoms with Crippen molar-refractivity contribution in [1.82, 2.24) is 19.5 Å². The SMILES string of the molecule is N#Cc1ccc2c3ccc(C#N)cc3n(-c3cc(-c4ccccc4C(F)(F)F)ccc3-c3nc(-c4ccccc4)nc(-c4ccccc4)n3)c2c1. The minimum atomic E-state index is -4.60. The van der Waals surface area contributed by atoms with Crippen LogP contribution in [0.4, 0.5) is 13.2 Å². The summed E-state index contributed by atoms with van der Waals surface area (Å²) in [5, 5.41) is 21.4.